The molecular weight excluding hydrogens is 222 g/mol. The Hall–Kier alpha value is -1.36. The van der Waals surface area contributed by atoms with E-state index in [4.69, 9.17) is 4.74 Å². The molecule has 0 bridgehead atoms. The van der Waals surface area contributed by atoms with Crippen LogP contribution in [0.25, 0.3) is 0 Å². The number of carbonyl (C=O) groups excluding carboxylic acids is 2. The molecule has 1 fully saturated rings. The van der Waals surface area contributed by atoms with Gasteiger partial charge in [-0.25, -0.2) is 4.79 Å². The second-order valence-corrected chi connectivity index (χ2v) is 4.90. The van der Waals surface area contributed by atoms with E-state index in [9.17, 15) is 9.59 Å². The van der Waals surface area contributed by atoms with Gasteiger partial charge < -0.3 is 14.4 Å². The summed E-state index contributed by atoms with van der Waals surface area (Å²) in [6.45, 7) is 6.36. The molecule has 17 heavy (non-hydrogen) atoms. The zero-order valence-corrected chi connectivity index (χ0v) is 10.5. The molecular formula is C12H17NO4. The Morgan fingerprint density at radius 1 is 1.65 bits per heavy atom. The van der Waals surface area contributed by atoms with E-state index in [0.717, 1.165) is 0 Å². The quantitative estimate of drug-likeness (QED) is 0.526. The molecule has 0 radical (unpaired) electrons. The van der Waals surface area contributed by atoms with Crippen LogP contribution in [-0.2, 0) is 19.1 Å². The maximum Gasteiger partial charge on any atom is 0.343 e. The number of esters is 1. The van der Waals surface area contributed by atoms with Gasteiger partial charge in [0.05, 0.1) is 19.8 Å². The molecule has 94 valence electrons. The number of carbonyl (C=O) groups is 2. The van der Waals surface area contributed by atoms with Crippen LogP contribution in [0.15, 0.2) is 11.6 Å². The first-order valence-electron chi connectivity index (χ1n) is 5.69. The summed E-state index contributed by atoms with van der Waals surface area (Å²) in [6, 6.07) is 0.00547. The molecule has 0 aromatic heterocycles. The van der Waals surface area contributed by atoms with E-state index in [1.165, 1.54) is 7.11 Å². The topological polar surface area (TPSA) is 55.8 Å². The summed E-state index contributed by atoms with van der Waals surface area (Å²) in [6.07, 6.45) is 1.56. The summed E-state index contributed by atoms with van der Waals surface area (Å²) in [4.78, 5) is 25.3. The molecule has 2 heterocycles. The molecule has 2 atom stereocenters. The number of ether oxygens (including phenoxy) is 2. The zero-order chi connectivity index (χ0) is 12.8. The standard InChI is InChI=1S/C12H17NO4/c1-7(2)9-6-17-12(3)5-8(11(15)16-4)10(14)13(9)12/h5,7,9H,6H2,1-4H3/t9-,12-/m1/s1. The van der Waals surface area contributed by atoms with E-state index in [2.05, 4.69) is 4.74 Å². The van der Waals surface area contributed by atoms with Crippen LogP contribution in [0.2, 0.25) is 0 Å². The number of nitrogens with zero attached hydrogens (tertiary/aromatic N) is 1. The second-order valence-electron chi connectivity index (χ2n) is 4.90. The Balaban J connectivity index is 2.34. The lowest BCUT2D eigenvalue weighted by molar-refractivity contribution is -0.142. The molecule has 0 spiro atoms. The van der Waals surface area contributed by atoms with Gasteiger partial charge in [0.1, 0.15) is 5.57 Å². The normalized spacial score (nSPS) is 31.8. The molecule has 1 saturated heterocycles. The third-order valence-corrected chi connectivity index (χ3v) is 3.39. The molecule has 5 nitrogen and oxygen atoms in total. The van der Waals surface area contributed by atoms with E-state index in [1.807, 2.05) is 13.8 Å². The van der Waals surface area contributed by atoms with Crippen molar-refractivity contribution in [2.75, 3.05) is 13.7 Å². The third-order valence-electron chi connectivity index (χ3n) is 3.39. The van der Waals surface area contributed by atoms with Crippen LogP contribution in [0, 0.1) is 5.92 Å². The Bertz CT molecular complexity index is 401. The van der Waals surface area contributed by atoms with E-state index in [0.29, 0.717) is 6.61 Å². The van der Waals surface area contributed by atoms with E-state index >= 15 is 0 Å². The van der Waals surface area contributed by atoms with Crippen LogP contribution in [0.4, 0.5) is 0 Å². The van der Waals surface area contributed by atoms with Gasteiger partial charge in [-0.05, 0) is 18.9 Å². The maximum absolute atomic E-state index is 12.2. The summed E-state index contributed by atoms with van der Waals surface area (Å²) >= 11 is 0. The zero-order valence-electron chi connectivity index (χ0n) is 10.5. The first-order valence-corrected chi connectivity index (χ1v) is 5.69. The van der Waals surface area contributed by atoms with E-state index in [1.54, 1.807) is 17.9 Å². The van der Waals surface area contributed by atoms with Crippen molar-refractivity contribution in [2.24, 2.45) is 5.92 Å². The van der Waals surface area contributed by atoms with Crippen molar-refractivity contribution in [3.8, 4) is 0 Å². The average molecular weight is 239 g/mol. The van der Waals surface area contributed by atoms with Crippen LogP contribution < -0.4 is 0 Å². The highest BCUT2D eigenvalue weighted by Gasteiger charge is 2.53. The van der Waals surface area contributed by atoms with Crippen LogP contribution in [0.3, 0.4) is 0 Å². The third kappa shape index (κ3) is 1.65. The summed E-state index contributed by atoms with van der Waals surface area (Å²) in [5, 5.41) is 0. The molecule has 0 aliphatic carbocycles. The minimum absolute atomic E-state index is 0.00547. The fourth-order valence-corrected chi connectivity index (χ4v) is 2.40. The lowest BCUT2D eigenvalue weighted by Crippen LogP contribution is -2.46. The summed E-state index contributed by atoms with van der Waals surface area (Å²) in [5.74, 6) is -0.613. The first kappa shape index (κ1) is 12.1. The molecule has 0 aromatic carbocycles. The number of hydrogen-bond donors (Lipinski definition) is 0. The number of methoxy groups -OCH3 is 1. The monoisotopic (exact) mass is 239 g/mol. The lowest BCUT2D eigenvalue weighted by Gasteiger charge is -2.30. The molecule has 2 rings (SSSR count). The summed E-state index contributed by atoms with van der Waals surface area (Å²) < 4.78 is 10.3. The van der Waals surface area contributed by atoms with Crippen LogP contribution >= 0.6 is 0 Å². The number of hydrogen-bond acceptors (Lipinski definition) is 4. The number of rotatable bonds is 2. The number of amides is 1. The van der Waals surface area contributed by atoms with Gasteiger partial charge in [0.15, 0.2) is 5.72 Å². The maximum atomic E-state index is 12.2. The Morgan fingerprint density at radius 3 is 2.82 bits per heavy atom. The van der Waals surface area contributed by atoms with Crippen molar-refractivity contribution in [3.63, 3.8) is 0 Å². The number of fused-ring (bicyclic) bond motifs is 1. The van der Waals surface area contributed by atoms with Gasteiger partial charge in [-0.1, -0.05) is 13.8 Å². The van der Waals surface area contributed by atoms with Gasteiger partial charge in [-0.3, -0.25) is 4.79 Å². The summed E-state index contributed by atoms with van der Waals surface area (Å²) in [5.41, 5.74) is -0.726. The predicted molar refractivity (Wildman–Crippen MR) is 59.9 cm³/mol. The minimum Gasteiger partial charge on any atom is -0.465 e. The van der Waals surface area contributed by atoms with Gasteiger partial charge in [0.25, 0.3) is 5.91 Å². The van der Waals surface area contributed by atoms with Crippen LogP contribution in [-0.4, -0.2) is 42.3 Å². The highest BCUT2D eigenvalue weighted by atomic mass is 16.5. The second kappa shape index (κ2) is 3.84. The lowest BCUT2D eigenvalue weighted by atomic mass is 10.0. The fourth-order valence-electron chi connectivity index (χ4n) is 2.40. The summed E-state index contributed by atoms with van der Waals surface area (Å²) in [7, 11) is 1.27. The van der Waals surface area contributed by atoms with Crippen molar-refractivity contribution < 1.29 is 19.1 Å². The predicted octanol–water partition coefficient (Wildman–Crippen LogP) is 0.699. The minimum atomic E-state index is -0.796. The van der Waals surface area contributed by atoms with Gasteiger partial charge >= 0.3 is 5.97 Å². The Labute approximate surface area is 100 Å². The first-order chi connectivity index (χ1) is 7.90. The van der Waals surface area contributed by atoms with Crippen molar-refractivity contribution in [2.45, 2.75) is 32.5 Å². The molecule has 0 unspecified atom stereocenters. The highest BCUT2D eigenvalue weighted by Crippen LogP contribution is 2.39. The SMILES string of the molecule is COC(=O)C1=C[C@@]2(C)OC[C@H](C(C)C)N2C1=O. The Morgan fingerprint density at radius 2 is 2.29 bits per heavy atom. The Kier molecular flexibility index (Phi) is 2.73. The average Bonchev–Trinajstić information content (AvgIpc) is 2.73. The van der Waals surface area contributed by atoms with Crippen molar-refractivity contribution in [3.05, 3.63) is 11.6 Å². The highest BCUT2D eigenvalue weighted by molar-refractivity contribution is 6.18. The largest absolute Gasteiger partial charge is 0.465 e. The van der Waals surface area contributed by atoms with Gasteiger partial charge in [-0.15, -0.1) is 0 Å². The van der Waals surface area contributed by atoms with E-state index < -0.39 is 11.7 Å². The molecule has 5 heteroatoms. The molecule has 0 saturated carbocycles. The molecule has 0 N–H and O–H groups in total. The van der Waals surface area contributed by atoms with Crippen molar-refractivity contribution >= 4 is 11.9 Å². The molecule has 2 aliphatic heterocycles. The molecule has 2 aliphatic rings. The van der Waals surface area contributed by atoms with Crippen LogP contribution in [0.5, 0.6) is 0 Å². The van der Waals surface area contributed by atoms with Crippen LogP contribution in [0.1, 0.15) is 20.8 Å². The van der Waals surface area contributed by atoms with Crippen molar-refractivity contribution in [1.82, 2.24) is 4.90 Å². The van der Waals surface area contributed by atoms with Gasteiger partial charge in [-0.2, -0.15) is 0 Å². The smallest absolute Gasteiger partial charge is 0.343 e. The molecule has 0 aromatic rings. The molecule has 1 amide bonds. The van der Waals surface area contributed by atoms with Crippen molar-refractivity contribution in [1.29, 1.82) is 0 Å². The van der Waals surface area contributed by atoms with E-state index in [-0.39, 0.29) is 23.4 Å². The fraction of sp³-hybridized carbons (Fsp3) is 0.667. The van der Waals surface area contributed by atoms with Gasteiger partial charge in [0.2, 0.25) is 0 Å². The van der Waals surface area contributed by atoms with Gasteiger partial charge in [0, 0.05) is 0 Å².